The third-order valence-electron chi connectivity index (χ3n) is 7.42. The van der Waals surface area contributed by atoms with Crippen LogP contribution in [0.1, 0.15) is 61.5 Å². The van der Waals surface area contributed by atoms with Gasteiger partial charge in [0.25, 0.3) is 0 Å². The first-order valence-electron chi connectivity index (χ1n) is 12.2. The number of hydrogen-bond acceptors (Lipinski definition) is 5. The quantitative estimate of drug-likeness (QED) is 0.609. The smallest absolute Gasteiger partial charge is 0.316 e. The fourth-order valence-electron chi connectivity index (χ4n) is 5.79. The first-order chi connectivity index (χ1) is 16.6. The molecule has 2 aromatic rings. The lowest BCUT2D eigenvalue weighted by molar-refractivity contribution is -0.153. The van der Waals surface area contributed by atoms with E-state index in [1.54, 1.807) is 7.11 Å². The van der Waals surface area contributed by atoms with Crippen molar-refractivity contribution in [2.45, 2.75) is 56.5 Å². The minimum absolute atomic E-state index is 0.0569. The Balaban J connectivity index is 1.57. The van der Waals surface area contributed by atoms with E-state index in [4.69, 9.17) is 9.47 Å². The van der Waals surface area contributed by atoms with Gasteiger partial charge in [-0.1, -0.05) is 55.1 Å². The van der Waals surface area contributed by atoms with Crippen LogP contribution in [0.25, 0.3) is 0 Å². The van der Waals surface area contributed by atoms with Crippen LogP contribution >= 0.6 is 0 Å². The molecule has 5 heteroatoms. The van der Waals surface area contributed by atoms with Crippen molar-refractivity contribution in [3.8, 4) is 5.75 Å². The molecule has 0 bridgehead atoms. The minimum atomic E-state index is -0.687. The van der Waals surface area contributed by atoms with E-state index in [9.17, 15) is 9.59 Å². The second-order valence-electron chi connectivity index (χ2n) is 9.52. The van der Waals surface area contributed by atoms with Crippen molar-refractivity contribution in [1.82, 2.24) is 5.32 Å². The summed E-state index contributed by atoms with van der Waals surface area (Å²) in [6, 6.07) is 17.8. The Hall–Kier alpha value is -3.34. The summed E-state index contributed by atoms with van der Waals surface area (Å²) < 4.78 is 11.6. The van der Waals surface area contributed by atoms with Gasteiger partial charge in [0.15, 0.2) is 5.78 Å². The normalized spacial score (nSPS) is 25.0. The molecule has 0 amide bonds. The van der Waals surface area contributed by atoms with E-state index in [1.165, 1.54) is 0 Å². The molecule has 0 aromatic heterocycles. The molecular formula is C29H31NO4. The molecule has 2 aliphatic carbocycles. The maximum absolute atomic E-state index is 13.7. The summed E-state index contributed by atoms with van der Waals surface area (Å²) in [6.07, 6.45) is 4.98. The molecule has 5 nitrogen and oxygen atoms in total. The molecule has 5 rings (SSSR count). The summed E-state index contributed by atoms with van der Waals surface area (Å²) in [5.74, 6) is -0.681. The number of methoxy groups -OCH3 is 1. The fraction of sp³-hybridized carbons (Fsp3) is 0.379. The third-order valence-corrected chi connectivity index (χ3v) is 7.42. The van der Waals surface area contributed by atoms with Gasteiger partial charge in [0.05, 0.1) is 7.11 Å². The lowest BCUT2D eigenvalue weighted by Gasteiger charge is -2.40. The topological polar surface area (TPSA) is 64.6 Å². The van der Waals surface area contributed by atoms with Gasteiger partial charge in [0.1, 0.15) is 17.8 Å². The molecule has 176 valence electrons. The van der Waals surface area contributed by atoms with Crippen LogP contribution in [0.5, 0.6) is 5.75 Å². The van der Waals surface area contributed by atoms with Crippen LogP contribution in [0, 0.1) is 5.92 Å². The molecule has 1 fully saturated rings. The molecule has 3 atom stereocenters. The molecule has 34 heavy (non-hydrogen) atoms. The molecule has 3 aliphatic rings. The van der Waals surface area contributed by atoms with Crippen molar-refractivity contribution in [2.75, 3.05) is 7.11 Å². The van der Waals surface area contributed by atoms with Crippen LogP contribution in [-0.2, 0) is 14.3 Å². The Morgan fingerprint density at radius 1 is 1.00 bits per heavy atom. The zero-order chi connectivity index (χ0) is 23.7. The number of hydrogen-bond donors (Lipinski definition) is 1. The number of para-hydroxylation sites is 1. The zero-order valence-electron chi connectivity index (χ0n) is 19.6. The van der Waals surface area contributed by atoms with Gasteiger partial charge in [0, 0.05) is 34.9 Å². The molecule has 0 radical (unpaired) electrons. The molecule has 2 aromatic carbocycles. The number of rotatable bonds is 5. The molecular weight excluding hydrogens is 426 g/mol. The molecule has 1 aliphatic heterocycles. The summed E-state index contributed by atoms with van der Waals surface area (Å²) in [5, 5.41) is 3.36. The standard InChI is InChI=1S/C29H31NO4/c1-18-26(29(32)34-21-12-6-7-13-21)27(22-14-8-9-15-25(22)33-2)28-23(30-18)16-20(17-24(28)31)19-10-4-3-5-11-19/h3-5,8-11,14-15,20-21,26-27,30H,1,6-7,12-13,16-17H2,2H3. The number of ether oxygens (including phenoxy) is 2. The van der Waals surface area contributed by atoms with E-state index in [0.29, 0.717) is 29.9 Å². The van der Waals surface area contributed by atoms with Gasteiger partial charge in [0.2, 0.25) is 0 Å². The summed E-state index contributed by atoms with van der Waals surface area (Å²) in [7, 11) is 1.62. The number of allylic oxidation sites excluding steroid dienone is 2. The lowest BCUT2D eigenvalue weighted by Crippen LogP contribution is -2.42. The average molecular weight is 458 g/mol. The van der Waals surface area contributed by atoms with Gasteiger partial charge in [-0.2, -0.15) is 0 Å². The van der Waals surface area contributed by atoms with Crippen molar-refractivity contribution < 1.29 is 19.1 Å². The van der Waals surface area contributed by atoms with Crippen LogP contribution in [-0.4, -0.2) is 25.0 Å². The van der Waals surface area contributed by atoms with Crippen LogP contribution in [0.3, 0.4) is 0 Å². The van der Waals surface area contributed by atoms with E-state index >= 15 is 0 Å². The van der Waals surface area contributed by atoms with Crippen molar-refractivity contribution >= 4 is 11.8 Å². The van der Waals surface area contributed by atoms with Crippen LogP contribution in [0.2, 0.25) is 0 Å². The molecule has 1 saturated carbocycles. The average Bonchev–Trinajstić information content (AvgIpc) is 3.36. The Morgan fingerprint density at radius 3 is 2.44 bits per heavy atom. The number of esters is 1. The van der Waals surface area contributed by atoms with Crippen LogP contribution < -0.4 is 10.1 Å². The summed E-state index contributed by atoms with van der Waals surface area (Å²) in [4.78, 5) is 27.2. The number of carbonyl (C=O) groups is 2. The minimum Gasteiger partial charge on any atom is -0.496 e. The van der Waals surface area contributed by atoms with Gasteiger partial charge in [-0.05, 0) is 49.7 Å². The highest BCUT2D eigenvalue weighted by Gasteiger charge is 2.46. The van der Waals surface area contributed by atoms with Crippen molar-refractivity contribution in [3.63, 3.8) is 0 Å². The van der Waals surface area contributed by atoms with Crippen molar-refractivity contribution in [1.29, 1.82) is 0 Å². The maximum Gasteiger partial charge on any atom is 0.316 e. The van der Waals surface area contributed by atoms with Gasteiger partial charge in [-0.15, -0.1) is 0 Å². The Kier molecular flexibility index (Phi) is 6.27. The second-order valence-corrected chi connectivity index (χ2v) is 9.52. The predicted molar refractivity (Wildman–Crippen MR) is 130 cm³/mol. The summed E-state index contributed by atoms with van der Waals surface area (Å²) in [6.45, 7) is 4.24. The third kappa shape index (κ3) is 4.15. The van der Waals surface area contributed by atoms with E-state index in [0.717, 1.165) is 42.5 Å². The monoisotopic (exact) mass is 457 g/mol. The molecule has 1 N–H and O–H groups in total. The molecule has 0 saturated heterocycles. The second kappa shape index (κ2) is 9.49. The highest BCUT2D eigenvalue weighted by molar-refractivity contribution is 6.01. The molecule has 3 unspecified atom stereocenters. The van der Waals surface area contributed by atoms with Crippen molar-refractivity contribution in [3.05, 3.63) is 89.3 Å². The first kappa shape index (κ1) is 22.5. The summed E-state index contributed by atoms with van der Waals surface area (Å²) in [5.41, 5.74) is 4.07. The highest BCUT2D eigenvalue weighted by atomic mass is 16.5. The van der Waals surface area contributed by atoms with Crippen LogP contribution in [0.15, 0.2) is 78.1 Å². The number of ketones is 1. The van der Waals surface area contributed by atoms with Gasteiger partial charge in [-0.3, -0.25) is 9.59 Å². The van der Waals surface area contributed by atoms with E-state index in [1.807, 2.05) is 42.5 Å². The highest BCUT2D eigenvalue weighted by Crippen LogP contribution is 2.49. The number of Topliss-reactive ketones (excluding diaryl/α,β-unsaturated/α-hetero) is 1. The molecule has 1 heterocycles. The largest absolute Gasteiger partial charge is 0.496 e. The lowest BCUT2D eigenvalue weighted by atomic mass is 9.69. The summed E-state index contributed by atoms with van der Waals surface area (Å²) >= 11 is 0. The fourth-order valence-corrected chi connectivity index (χ4v) is 5.79. The van der Waals surface area contributed by atoms with E-state index in [-0.39, 0.29) is 23.8 Å². The number of nitrogens with one attached hydrogen (secondary N) is 1. The van der Waals surface area contributed by atoms with Gasteiger partial charge in [-0.25, -0.2) is 0 Å². The number of benzene rings is 2. The Morgan fingerprint density at radius 2 is 1.71 bits per heavy atom. The SMILES string of the molecule is C=C1NC2=C(C(=O)CC(c3ccccc3)C2)C(c2ccccc2OC)C1C(=O)OC1CCCC1. The first-order valence-corrected chi connectivity index (χ1v) is 12.2. The van der Waals surface area contributed by atoms with E-state index < -0.39 is 11.8 Å². The predicted octanol–water partition coefficient (Wildman–Crippen LogP) is 5.40. The maximum atomic E-state index is 13.7. The molecule has 0 spiro atoms. The van der Waals surface area contributed by atoms with Gasteiger partial charge < -0.3 is 14.8 Å². The van der Waals surface area contributed by atoms with Crippen LogP contribution in [0.4, 0.5) is 0 Å². The van der Waals surface area contributed by atoms with E-state index in [2.05, 4.69) is 24.0 Å². The Labute approximate surface area is 200 Å². The van der Waals surface area contributed by atoms with Crippen molar-refractivity contribution in [2.24, 2.45) is 5.92 Å². The zero-order valence-corrected chi connectivity index (χ0v) is 19.6. The van der Waals surface area contributed by atoms with Gasteiger partial charge >= 0.3 is 5.97 Å². The Bertz CT molecular complexity index is 1130. The number of carbonyl (C=O) groups excluding carboxylic acids is 2.